The van der Waals surface area contributed by atoms with Gasteiger partial charge in [-0.1, -0.05) is 36.4 Å². The molecule has 0 radical (unpaired) electrons. The molecule has 2 heterocycles. The van der Waals surface area contributed by atoms with E-state index in [0.717, 1.165) is 49.7 Å². The molecular formula is C23H25N3O2. The molecule has 1 aromatic heterocycles. The van der Waals surface area contributed by atoms with Gasteiger partial charge in [-0.05, 0) is 55.4 Å². The Hall–Kier alpha value is -2.82. The summed E-state index contributed by atoms with van der Waals surface area (Å²) in [6, 6.07) is 16.2. The third-order valence-corrected chi connectivity index (χ3v) is 6.36. The Kier molecular flexibility index (Phi) is 4.30. The van der Waals surface area contributed by atoms with Crippen molar-refractivity contribution in [3.8, 4) is 0 Å². The first kappa shape index (κ1) is 17.3. The van der Waals surface area contributed by atoms with Crippen LogP contribution in [0.25, 0.3) is 11.0 Å². The van der Waals surface area contributed by atoms with Crippen LogP contribution in [0.2, 0.25) is 0 Å². The number of rotatable bonds is 2. The van der Waals surface area contributed by atoms with Gasteiger partial charge >= 0.3 is 5.69 Å². The van der Waals surface area contributed by atoms with Crippen LogP contribution in [0.15, 0.2) is 53.3 Å². The molecule has 1 amide bonds. The van der Waals surface area contributed by atoms with Crippen molar-refractivity contribution in [2.24, 2.45) is 0 Å². The Morgan fingerprint density at radius 1 is 1.00 bits per heavy atom. The largest absolute Gasteiger partial charge is 0.340 e. The van der Waals surface area contributed by atoms with E-state index in [4.69, 9.17) is 0 Å². The zero-order chi connectivity index (χ0) is 19.1. The van der Waals surface area contributed by atoms with Gasteiger partial charge in [0.2, 0.25) is 5.91 Å². The molecule has 2 atom stereocenters. The summed E-state index contributed by atoms with van der Waals surface area (Å²) in [5, 5.41) is 0. The van der Waals surface area contributed by atoms with E-state index in [1.54, 1.807) is 0 Å². The van der Waals surface area contributed by atoms with Crippen molar-refractivity contribution in [3.63, 3.8) is 0 Å². The molecule has 0 unspecified atom stereocenters. The maximum atomic E-state index is 13.4. The number of nitrogens with zero attached hydrogens (tertiary/aromatic N) is 2. The number of piperidine rings is 1. The number of carbonyl (C=O) groups is 1. The maximum absolute atomic E-state index is 13.4. The number of fused-ring (bicyclic) bond motifs is 2. The van der Waals surface area contributed by atoms with Gasteiger partial charge in [0.15, 0.2) is 0 Å². The van der Waals surface area contributed by atoms with Crippen LogP contribution in [0.4, 0.5) is 0 Å². The van der Waals surface area contributed by atoms with Crippen molar-refractivity contribution in [3.05, 3.63) is 70.1 Å². The van der Waals surface area contributed by atoms with Crippen molar-refractivity contribution in [1.82, 2.24) is 14.5 Å². The van der Waals surface area contributed by atoms with Crippen LogP contribution in [-0.4, -0.2) is 33.4 Å². The highest BCUT2D eigenvalue weighted by Gasteiger charge is 2.33. The number of H-pyrrole nitrogens is 1. The van der Waals surface area contributed by atoms with Crippen LogP contribution in [0.3, 0.4) is 0 Å². The number of aryl methyl sites for hydroxylation is 1. The number of imidazole rings is 1. The van der Waals surface area contributed by atoms with Gasteiger partial charge in [-0.15, -0.1) is 0 Å². The highest BCUT2D eigenvalue weighted by Crippen LogP contribution is 2.34. The topological polar surface area (TPSA) is 58.1 Å². The predicted molar refractivity (Wildman–Crippen MR) is 110 cm³/mol. The Balaban J connectivity index is 1.43. The zero-order valence-electron chi connectivity index (χ0n) is 15.9. The molecule has 1 aliphatic carbocycles. The average molecular weight is 375 g/mol. The zero-order valence-corrected chi connectivity index (χ0v) is 15.9. The van der Waals surface area contributed by atoms with Gasteiger partial charge in [0.05, 0.1) is 23.0 Å². The van der Waals surface area contributed by atoms with Crippen LogP contribution < -0.4 is 5.69 Å². The highest BCUT2D eigenvalue weighted by atomic mass is 16.2. The van der Waals surface area contributed by atoms with Crippen LogP contribution in [0, 0.1) is 0 Å². The molecule has 1 aliphatic heterocycles. The molecule has 0 spiro atoms. The molecule has 0 bridgehead atoms. The van der Waals surface area contributed by atoms with E-state index >= 15 is 0 Å². The highest BCUT2D eigenvalue weighted by molar-refractivity contribution is 5.84. The molecule has 1 saturated heterocycles. The van der Waals surface area contributed by atoms with E-state index in [9.17, 15) is 9.59 Å². The van der Waals surface area contributed by atoms with Crippen LogP contribution in [0.5, 0.6) is 0 Å². The summed E-state index contributed by atoms with van der Waals surface area (Å²) in [5.41, 5.74) is 4.22. The maximum Gasteiger partial charge on any atom is 0.326 e. The van der Waals surface area contributed by atoms with E-state index in [1.165, 1.54) is 11.1 Å². The minimum atomic E-state index is -0.0801. The minimum Gasteiger partial charge on any atom is -0.340 e. The fourth-order valence-electron chi connectivity index (χ4n) is 5.03. The third kappa shape index (κ3) is 2.86. The summed E-state index contributed by atoms with van der Waals surface area (Å²) in [6.45, 7) is 1.39. The van der Waals surface area contributed by atoms with Crippen LogP contribution >= 0.6 is 0 Å². The lowest BCUT2D eigenvalue weighted by Crippen LogP contribution is -2.44. The smallest absolute Gasteiger partial charge is 0.326 e. The van der Waals surface area contributed by atoms with Crippen molar-refractivity contribution in [2.45, 2.75) is 44.1 Å². The second kappa shape index (κ2) is 6.97. The van der Waals surface area contributed by atoms with Crippen molar-refractivity contribution < 1.29 is 4.79 Å². The second-order valence-corrected chi connectivity index (χ2v) is 8.04. The third-order valence-electron chi connectivity index (χ3n) is 6.36. The first-order valence-corrected chi connectivity index (χ1v) is 10.3. The quantitative estimate of drug-likeness (QED) is 0.744. The summed E-state index contributed by atoms with van der Waals surface area (Å²) in [4.78, 5) is 30.9. The van der Waals surface area contributed by atoms with Gasteiger partial charge in [-0.3, -0.25) is 9.36 Å². The molecule has 1 fully saturated rings. The number of carbonyl (C=O) groups excluding carboxylic acids is 1. The van der Waals surface area contributed by atoms with Gasteiger partial charge in [-0.2, -0.15) is 0 Å². The summed E-state index contributed by atoms with van der Waals surface area (Å²) < 4.78 is 1.85. The number of hydrogen-bond acceptors (Lipinski definition) is 2. The summed E-state index contributed by atoms with van der Waals surface area (Å²) in [7, 11) is 0. The standard InChI is InChI=1S/C23H25N3O2/c27-22(19-11-5-8-16-7-1-2-10-18(16)19)25-14-6-9-17(15-25)26-21-13-4-3-12-20(21)24-23(26)28/h1-4,7,10,12-13,17,19H,5-6,8-9,11,14-15H2,(H,24,28)/t17-,19-/m0/s1. The van der Waals surface area contributed by atoms with Crippen molar-refractivity contribution in [2.75, 3.05) is 13.1 Å². The van der Waals surface area contributed by atoms with E-state index in [-0.39, 0.29) is 23.6 Å². The molecule has 1 N–H and O–H groups in total. The first-order valence-electron chi connectivity index (χ1n) is 10.3. The molecule has 2 aliphatic rings. The Morgan fingerprint density at radius 3 is 2.75 bits per heavy atom. The number of nitrogens with one attached hydrogen (secondary N) is 1. The Labute approximate surface area is 164 Å². The number of amides is 1. The molecule has 5 rings (SSSR count). The number of aromatic amines is 1. The first-order chi connectivity index (χ1) is 13.7. The Bertz CT molecular complexity index is 1080. The number of hydrogen-bond donors (Lipinski definition) is 1. The number of benzene rings is 2. The number of likely N-dealkylation sites (tertiary alicyclic amines) is 1. The number of aromatic nitrogens is 2. The summed E-state index contributed by atoms with van der Waals surface area (Å²) in [5.74, 6) is 0.188. The molecule has 0 saturated carbocycles. The SMILES string of the molecule is O=C([C@H]1CCCc2ccccc21)N1CCC[C@H](n2c(=O)[nH]c3ccccc32)C1. The van der Waals surface area contributed by atoms with Crippen molar-refractivity contribution >= 4 is 16.9 Å². The molecule has 28 heavy (non-hydrogen) atoms. The van der Waals surface area contributed by atoms with E-state index in [0.29, 0.717) is 6.54 Å². The van der Waals surface area contributed by atoms with Crippen LogP contribution in [-0.2, 0) is 11.2 Å². The average Bonchev–Trinajstić information content (AvgIpc) is 3.08. The molecule has 3 aromatic rings. The van der Waals surface area contributed by atoms with Crippen molar-refractivity contribution in [1.29, 1.82) is 0 Å². The van der Waals surface area contributed by atoms with Gasteiger partial charge in [0, 0.05) is 13.1 Å². The van der Waals surface area contributed by atoms with Crippen LogP contribution in [0.1, 0.15) is 48.8 Å². The fraction of sp³-hybridized carbons (Fsp3) is 0.391. The van der Waals surface area contributed by atoms with Gasteiger partial charge in [0.1, 0.15) is 0 Å². The molecule has 5 nitrogen and oxygen atoms in total. The summed E-state index contributed by atoms with van der Waals surface area (Å²) in [6.07, 6.45) is 4.90. The van der Waals surface area contributed by atoms with E-state index in [1.807, 2.05) is 39.8 Å². The number of para-hydroxylation sites is 2. The van der Waals surface area contributed by atoms with E-state index < -0.39 is 0 Å². The lowest BCUT2D eigenvalue weighted by Gasteiger charge is -2.36. The van der Waals surface area contributed by atoms with Gasteiger partial charge in [0.25, 0.3) is 0 Å². The Morgan fingerprint density at radius 2 is 1.82 bits per heavy atom. The minimum absolute atomic E-state index is 0.0279. The predicted octanol–water partition coefficient (Wildman–Crippen LogP) is 3.61. The normalized spacial score (nSPS) is 22.2. The lowest BCUT2D eigenvalue weighted by molar-refractivity contribution is -0.134. The van der Waals surface area contributed by atoms with Gasteiger partial charge < -0.3 is 9.88 Å². The van der Waals surface area contributed by atoms with Gasteiger partial charge in [-0.25, -0.2) is 4.79 Å². The molecule has 5 heteroatoms. The molecule has 144 valence electrons. The molecular weight excluding hydrogens is 350 g/mol. The van der Waals surface area contributed by atoms with E-state index in [2.05, 4.69) is 23.2 Å². The second-order valence-electron chi connectivity index (χ2n) is 8.04. The fourth-order valence-corrected chi connectivity index (χ4v) is 5.03. The lowest BCUT2D eigenvalue weighted by atomic mass is 9.81. The monoisotopic (exact) mass is 375 g/mol. The summed E-state index contributed by atoms with van der Waals surface area (Å²) >= 11 is 0. The molecule has 2 aromatic carbocycles.